The highest BCUT2D eigenvalue weighted by molar-refractivity contribution is 5.95. The van der Waals surface area contributed by atoms with E-state index in [1.54, 1.807) is 0 Å². The third-order valence-electron chi connectivity index (χ3n) is 13.4. The summed E-state index contributed by atoms with van der Waals surface area (Å²) >= 11 is 0. The molecule has 0 heterocycles. The van der Waals surface area contributed by atoms with Gasteiger partial charge in [-0.1, -0.05) is 192 Å². The molecule has 0 spiro atoms. The summed E-state index contributed by atoms with van der Waals surface area (Å²) in [6.45, 7) is 4.76. The highest BCUT2D eigenvalue weighted by Crippen LogP contribution is 2.54. The van der Waals surface area contributed by atoms with Gasteiger partial charge in [0.05, 0.1) is 0 Å². The van der Waals surface area contributed by atoms with Gasteiger partial charge in [0, 0.05) is 27.9 Å². The average molecular weight is 750 g/mol. The second kappa shape index (κ2) is 15.0. The zero-order valence-corrected chi connectivity index (χ0v) is 33.8. The van der Waals surface area contributed by atoms with Crippen LogP contribution in [0.2, 0.25) is 0 Å². The molecule has 58 heavy (non-hydrogen) atoms. The van der Waals surface area contributed by atoms with Crippen molar-refractivity contribution in [2.24, 2.45) is 0 Å². The molecule has 0 atom stereocenters. The van der Waals surface area contributed by atoms with Crippen LogP contribution in [-0.2, 0) is 10.8 Å². The van der Waals surface area contributed by atoms with Gasteiger partial charge in [-0.15, -0.1) is 0 Å². The molecule has 1 fully saturated rings. The van der Waals surface area contributed by atoms with Gasteiger partial charge >= 0.3 is 0 Å². The second-order valence-corrected chi connectivity index (χ2v) is 17.2. The van der Waals surface area contributed by atoms with Crippen molar-refractivity contribution >= 4 is 27.8 Å². The van der Waals surface area contributed by atoms with Crippen molar-refractivity contribution in [1.82, 2.24) is 0 Å². The van der Waals surface area contributed by atoms with Crippen LogP contribution in [0.5, 0.6) is 0 Å². The van der Waals surface area contributed by atoms with Crippen LogP contribution in [0.15, 0.2) is 188 Å². The molecule has 0 N–H and O–H groups in total. The van der Waals surface area contributed by atoms with Gasteiger partial charge in [-0.3, -0.25) is 0 Å². The van der Waals surface area contributed by atoms with Crippen LogP contribution in [0.25, 0.3) is 44.2 Å². The van der Waals surface area contributed by atoms with E-state index < -0.39 is 0 Å². The van der Waals surface area contributed by atoms with E-state index in [9.17, 15) is 0 Å². The maximum absolute atomic E-state index is 2.47. The van der Waals surface area contributed by atoms with Crippen LogP contribution in [0.4, 0.5) is 17.1 Å². The normalized spacial score (nSPS) is 15.6. The number of benzene rings is 8. The molecule has 8 aromatic carbocycles. The van der Waals surface area contributed by atoms with Gasteiger partial charge < -0.3 is 4.90 Å². The van der Waals surface area contributed by atoms with E-state index in [0.29, 0.717) is 0 Å². The summed E-state index contributed by atoms with van der Waals surface area (Å²) in [4.78, 5) is 2.47. The Kier molecular flexibility index (Phi) is 9.33. The molecule has 284 valence electrons. The third-order valence-corrected chi connectivity index (χ3v) is 13.4. The van der Waals surface area contributed by atoms with E-state index in [1.807, 2.05) is 0 Å². The SMILES string of the molecule is CC1(C)c2ccc(N(c3ccc(-c4ccc5ccccc5c4)cc3)c3ccc(C4(c5ccccc5)CCCCCCC4)cc3)cc2-c2c(-c3ccccc3)cccc21. The molecule has 2 aliphatic rings. The maximum atomic E-state index is 2.47. The standard InChI is InChI=1S/C57H51N/c1-56(2)53-36-35-50(40-52(53)55-51(23-16-24-54(55)56)43-18-8-6-9-19-43)58(48-31-27-42(28-32-48)45-26-25-41-17-12-13-20-44(41)39-45)49-33-29-47(30-34-49)57(46-21-10-7-11-22-46)37-14-4-3-5-15-38-57/h6-13,16-36,39-40H,3-5,14-15,37-38H2,1-2H3. The first-order valence-electron chi connectivity index (χ1n) is 21.4. The van der Waals surface area contributed by atoms with Crippen LogP contribution >= 0.6 is 0 Å². The van der Waals surface area contributed by atoms with Crippen LogP contribution in [-0.4, -0.2) is 0 Å². The van der Waals surface area contributed by atoms with Crippen LogP contribution in [0.3, 0.4) is 0 Å². The summed E-state index contributed by atoms with van der Waals surface area (Å²) in [6, 6.07) is 70.6. The fourth-order valence-electron chi connectivity index (χ4n) is 10.3. The fourth-order valence-corrected chi connectivity index (χ4v) is 10.3. The van der Waals surface area contributed by atoms with Crippen molar-refractivity contribution in [2.75, 3.05) is 4.90 Å². The number of fused-ring (bicyclic) bond motifs is 4. The molecule has 0 aromatic heterocycles. The van der Waals surface area contributed by atoms with E-state index in [2.05, 4.69) is 207 Å². The molecule has 10 rings (SSSR count). The van der Waals surface area contributed by atoms with E-state index in [1.165, 1.54) is 123 Å². The molecule has 1 nitrogen and oxygen atoms in total. The minimum Gasteiger partial charge on any atom is -0.310 e. The van der Waals surface area contributed by atoms with Crippen molar-refractivity contribution in [3.05, 3.63) is 210 Å². The Bertz CT molecular complexity index is 2700. The molecule has 0 bridgehead atoms. The number of nitrogens with zero attached hydrogens (tertiary/aromatic N) is 1. The molecule has 2 aliphatic carbocycles. The number of hydrogen-bond acceptors (Lipinski definition) is 1. The molecule has 0 aliphatic heterocycles. The van der Waals surface area contributed by atoms with E-state index >= 15 is 0 Å². The van der Waals surface area contributed by atoms with Crippen molar-refractivity contribution in [3.8, 4) is 33.4 Å². The molecule has 0 radical (unpaired) electrons. The Balaban J connectivity index is 1.11. The molecule has 0 unspecified atom stereocenters. The summed E-state index contributed by atoms with van der Waals surface area (Å²) in [6.07, 6.45) is 8.92. The van der Waals surface area contributed by atoms with Gasteiger partial charge in [-0.05, 0) is 122 Å². The number of rotatable bonds is 7. The first-order chi connectivity index (χ1) is 28.5. The third kappa shape index (κ3) is 6.34. The molecule has 0 amide bonds. The lowest BCUT2D eigenvalue weighted by Crippen LogP contribution is -2.29. The fraction of sp³-hybridized carbons (Fsp3) is 0.193. The molecular formula is C57H51N. The lowest BCUT2D eigenvalue weighted by molar-refractivity contribution is 0.366. The van der Waals surface area contributed by atoms with E-state index in [4.69, 9.17) is 0 Å². The topological polar surface area (TPSA) is 3.24 Å². The number of anilines is 3. The monoisotopic (exact) mass is 749 g/mol. The number of hydrogen-bond donors (Lipinski definition) is 0. The Morgan fingerprint density at radius 1 is 0.379 bits per heavy atom. The van der Waals surface area contributed by atoms with Crippen molar-refractivity contribution < 1.29 is 0 Å². The molecule has 8 aromatic rings. The smallest absolute Gasteiger partial charge is 0.0468 e. The Morgan fingerprint density at radius 2 is 0.966 bits per heavy atom. The van der Waals surface area contributed by atoms with Gasteiger partial charge in [0.1, 0.15) is 0 Å². The summed E-state index contributed by atoms with van der Waals surface area (Å²) < 4.78 is 0. The van der Waals surface area contributed by atoms with Crippen LogP contribution < -0.4 is 4.90 Å². The zero-order valence-electron chi connectivity index (χ0n) is 33.8. The van der Waals surface area contributed by atoms with Crippen molar-refractivity contribution in [1.29, 1.82) is 0 Å². The molecule has 0 saturated heterocycles. The highest BCUT2D eigenvalue weighted by atomic mass is 15.1. The van der Waals surface area contributed by atoms with E-state index in [0.717, 1.165) is 5.69 Å². The first kappa shape index (κ1) is 36.2. The van der Waals surface area contributed by atoms with Crippen molar-refractivity contribution in [3.63, 3.8) is 0 Å². The predicted molar refractivity (Wildman–Crippen MR) is 247 cm³/mol. The minimum absolute atomic E-state index is 0.0310. The highest BCUT2D eigenvalue weighted by Gasteiger charge is 2.38. The van der Waals surface area contributed by atoms with Gasteiger partial charge in [0.25, 0.3) is 0 Å². The van der Waals surface area contributed by atoms with Crippen LogP contribution in [0.1, 0.15) is 81.0 Å². The van der Waals surface area contributed by atoms with Crippen molar-refractivity contribution in [2.45, 2.75) is 69.6 Å². The van der Waals surface area contributed by atoms with Gasteiger partial charge in [-0.2, -0.15) is 0 Å². The minimum atomic E-state index is -0.106. The van der Waals surface area contributed by atoms with Gasteiger partial charge in [0.2, 0.25) is 0 Å². The van der Waals surface area contributed by atoms with Gasteiger partial charge in [0.15, 0.2) is 0 Å². The second-order valence-electron chi connectivity index (χ2n) is 17.2. The zero-order chi connectivity index (χ0) is 39.1. The Morgan fingerprint density at radius 3 is 1.69 bits per heavy atom. The lowest BCUT2D eigenvalue weighted by atomic mass is 9.67. The Hall–Kier alpha value is -6.18. The summed E-state index contributed by atoms with van der Waals surface area (Å²) in [5.74, 6) is 0. The average Bonchev–Trinajstić information content (AvgIpc) is 3.50. The largest absolute Gasteiger partial charge is 0.310 e. The first-order valence-corrected chi connectivity index (χ1v) is 21.4. The molecular weight excluding hydrogens is 699 g/mol. The Labute approximate surface area is 344 Å². The summed E-state index contributed by atoms with van der Waals surface area (Å²) in [5.41, 5.74) is 16.8. The van der Waals surface area contributed by atoms with E-state index in [-0.39, 0.29) is 10.8 Å². The predicted octanol–water partition coefficient (Wildman–Crippen LogP) is 16.0. The summed E-state index contributed by atoms with van der Waals surface area (Å²) in [5, 5.41) is 2.53. The van der Waals surface area contributed by atoms with Gasteiger partial charge in [-0.25, -0.2) is 0 Å². The lowest BCUT2D eigenvalue weighted by Gasteiger charge is -2.37. The molecule has 1 heteroatoms. The quantitative estimate of drug-likeness (QED) is 0.157. The summed E-state index contributed by atoms with van der Waals surface area (Å²) in [7, 11) is 0. The molecule has 1 saturated carbocycles. The van der Waals surface area contributed by atoms with Crippen LogP contribution in [0, 0.1) is 0 Å². The maximum Gasteiger partial charge on any atom is 0.0468 e.